The number of carbonyl (C=O) groups excluding carboxylic acids is 1. The molecule has 1 aliphatic heterocycles. The highest BCUT2D eigenvalue weighted by molar-refractivity contribution is 7.90. The lowest BCUT2D eigenvalue weighted by Gasteiger charge is -1.99. The number of hydrogen-bond donors (Lipinski definition) is 1. The number of nitrogens with two attached hydrogens (primary N) is 1. The van der Waals surface area contributed by atoms with Crippen molar-refractivity contribution in [1.29, 1.82) is 0 Å². The van der Waals surface area contributed by atoms with Crippen molar-refractivity contribution in [2.24, 2.45) is 5.14 Å². The number of primary sulfonamides is 1. The molecule has 0 aromatic rings. The van der Waals surface area contributed by atoms with Gasteiger partial charge in [-0.3, -0.25) is 4.79 Å². The lowest BCUT2D eigenvalue weighted by Crippen LogP contribution is -2.31. The first-order valence-corrected chi connectivity index (χ1v) is 4.31. The molecule has 58 valence electrons. The van der Waals surface area contributed by atoms with Crippen molar-refractivity contribution in [1.82, 2.24) is 0 Å². The first kappa shape index (κ1) is 7.49. The summed E-state index contributed by atoms with van der Waals surface area (Å²) in [5, 5.41) is 3.57. The molecular weight excluding hydrogens is 158 g/mol. The standard InChI is InChI=1S/C4H7NO4S/c5-10(7,8)3-1-2-9-4(3)6/h3H,1-2H2,(H2,5,7,8)/t3-/m1/s1. The molecule has 0 saturated carbocycles. The van der Waals surface area contributed by atoms with E-state index < -0.39 is 21.2 Å². The Balaban J connectivity index is 2.84. The zero-order valence-electron chi connectivity index (χ0n) is 5.11. The molecule has 1 saturated heterocycles. The monoisotopic (exact) mass is 165 g/mol. The number of ether oxygens (including phenoxy) is 1. The van der Waals surface area contributed by atoms with Gasteiger partial charge in [0.15, 0.2) is 5.25 Å². The van der Waals surface area contributed by atoms with Crippen LogP contribution in [0.3, 0.4) is 0 Å². The van der Waals surface area contributed by atoms with Gasteiger partial charge in [0, 0.05) is 6.42 Å². The van der Waals surface area contributed by atoms with Gasteiger partial charge in [-0.2, -0.15) is 0 Å². The maximum absolute atomic E-state index is 10.5. The van der Waals surface area contributed by atoms with Crippen LogP contribution in [-0.4, -0.2) is 26.2 Å². The average Bonchev–Trinajstić information content (AvgIpc) is 2.11. The Morgan fingerprint density at radius 1 is 1.60 bits per heavy atom. The van der Waals surface area contributed by atoms with E-state index in [1.54, 1.807) is 0 Å². The molecule has 0 bridgehead atoms. The van der Waals surface area contributed by atoms with Crippen LogP contribution in [0.1, 0.15) is 6.42 Å². The second kappa shape index (κ2) is 2.21. The van der Waals surface area contributed by atoms with Crippen LogP contribution in [-0.2, 0) is 19.6 Å². The van der Waals surface area contributed by atoms with E-state index in [2.05, 4.69) is 4.74 Å². The molecule has 1 aliphatic rings. The fourth-order valence-corrected chi connectivity index (χ4v) is 1.54. The molecule has 6 heteroatoms. The number of rotatable bonds is 1. The molecule has 5 nitrogen and oxygen atoms in total. The number of hydrogen-bond acceptors (Lipinski definition) is 4. The number of carbonyl (C=O) groups is 1. The van der Waals surface area contributed by atoms with Crippen molar-refractivity contribution in [2.45, 2.75) is 11.7 Å². The molecular formula is C4H7NO4S. The minimum Gasteiger partial charge on any atom is -0.465 e. The number of esters is 1. The van der Waals surface area contributed by atoms with E-state index in [0.29, 0.717) is 0 Å². The van der Waals surface area contributed by atoms with E-state index >= 15 is 0 Å². The lowest BCUT2D eigenvalue weighted by atomic mass is 10.4. The third-order valence-electron chi connectivity index (χ3n) is 1.28. The highest BCUT2D eigenvalue weighted by Gasteiger charge is 2.35. The van der Waals surface area contributed by atoms with Crippen LogP contribution in [0, 0.1) is 0 Å². The van der Waals surface area contributed by atoms with Gasteiger partial charge in [0.1, 0.15) is 0 Å². The summed E-state index contributed by atoms with van der Waals surface area (Å²) in [6, 6.07) is 0. The van der Waals surface area contributed by atoms with Crippen molar-refractivity contribution in [3.8, 4) is 0 Å². The molecule has 10 heavy (non-hydrogen) atoms. The predicted octanol–water partition coefficient (Wildman–Crippen LogP) is -1.41. The first-order chi connectivity index (χ1) is 4.52. The predicted molar refractivity (Wildman–Crippen MR) is 32.5 cm³/mol. The van der Waals surface area contributed by atoms with Gasteiger partial charge in [0.05, 0.1) is 6.61 Å². The summed E-state index contributed by atoms with van der Waals surface area (Å²) in [6.45, 7) is 0.153. The molecule has 0 spiro atoms. The summed E-state index contributed by atoms with van der Waals surface area (Å²) in [7, 11) is -3.73. The van der Waals surface area contributed by atoms with Crippen molar-refractivity contribution in [3.63, 3.8) is 0 Å². The average molecular weight is 165 g/mol. The highest BCUT2D eigenvalue weighted by atomic mass is 32.2. The van der Waals surface area contributed by atoms with Crippen molar-refractivity contribution < 1.29 is 17.9 Å². The molecule has 0 radical (unpaired) electrons. The molecule has 0 unspecified atom stereocenters. The van der Waals surface area contributed by atoms with Crippen LogP contribution in [0.15, 0.2) is 0 Å². The third kappa shape index (κ3) is 1.27. The Morgan fingerprint density at radius 3 is 2.40 bits per heavy atom. The van der Waals surface area contributed by atoms with E-state index in [-0.39, 0.29) is 13.0 Å². The summed E-state index contributed by atoms with van der Waals surface area (Å²) in [5.41, 5.74) is 0. The SMILES string of the molecule is NS(=O)(=O)[C@@H]1CCOC1=O. The normalized spacial score (nSPS) is 26.5. The zero-order valence-corrected chi connectivity index (χ0v) is 5.93. The topological polar surface area (TPSA) is 86.5 Å². The Labute approximate surface area is 58.2 Å². The van der Waals surface area contributed by atoms with Gasteiger partial charge >= 0.3 is 5.97 Å². The van der Waals surface area contributed by atoms with Crippen molar-refractivity contribution in [3.05, 3.63) is 0 Å². The van der Waals surface area contributed by atoms with Crippen LogP contribution >= 0.6 is 0 Å². The molecule has 2 N–H and O–H groups in total. The summed E-state index contributed by atoms with van der Waals surface area (Å²) in [5.74, 6) is -0.734. The second-order valence-electron chi connectivity index (χ2n) is 2.03. The van der Waals surface area contributed by atoms with Crippen molar-refractivity contribution in [2.75, 3.05) is 6.61 Å². The number of sulfonamides is 1. The van der Waals surface area contributed by atoms with E-state index in [1.165, 1.54) is 0 Å². The van der Waals surface area contributed by atoms with Crippen LogP contribution in [0.25, 0.3) is 0 Å². The van der Waals surface area contributed by atoms with Gasteiger partial charge in [-0.25, -0.2) is 13.6 Å². The fourth-order valence-electron chi connectivity index (χ4n) is 0.776. The van der Waals surface area contributed by atoms with Gasteiger partial charge in [0.2, 0.25) is 10.0 Å². The summed E-state index contributed by atoms with van der Waals surface area (Å²) in [4.78, 5) is 10.5. The molecule has 1 atom stereocenters. The summed E-state index contributed by atoms with van der Waals surface area (Å²) in [6.07, 6.45) is 0.178. The third-order valence-corrected chi connectivity index (χ3v) is 2.51. The zero-order chi connectivity index (χ0) is 7.78. The van der Waals surface area contributed by atoms with E-state index in [4.69, 9.17) is 5.14 Å². The smallest absolute Gasteiger partial charge is 0.325 e. The largest absolute Gasteiger partial charge is 0.465 e. The van der Waals surface area contributed by atoms with Crippen LogP contribution in [0.2, 0.25) is 0 Å². The Bertz CT molecular complexity index is 244. The molecule has 0 aliphatic carbocycles. The van der Waals surface area contributed by atoms with Gasteiger partial charge in [-0.15, -0.1) is 0 Å². The fraction of sp³-hybridized carbons (Fsp3) is 0.750. The second-order valence-corrected chi connectivity index (χ2v) is 3.78. The Hall–Kier alpha value is -0.620. The molecule has 0 amide bonds. The summed E-state index contributed by atoms with van der Waals surface area (Å²) >= 11 is 0. The van der Waals surface area contributed by atoms with Crippen molar-refractivity contribution >= 4 is 16.0 Å². The van der Waals surface area contributed by atoms with Gasteiger partial charge in [0.25, 0.3) is 0 Å². The summed E-state index contributed by atoms with van der Waals surface area (Å²) < 4.78 is 25.4. The highest BCUT2D eigenvalue weighted by Crippen LogP contribution is 2.11. The Morgan fingerprint density at radius 2 is 2.20 bits per heavy atom. The van der Waals surface area contributed by atoms with E-state index in [0.717, 1.165) is 0 Å². The van der Waals surface area contributed by atoms with E-state index in [9.17, 15) is 13.2 Å². The van der Waals surface area contributed by atoms with Crippen LogP contribution in [0.4, 0.5) is 0 Å². The molecule has 0 aromatic heterocycles. The Kier molecular flexibility index (Phi) is 1.65. The number of cyclic esters (lactones) is 1. The maximum Gasteiger partial charge on any atom is 0.325 e. The molecule has 0 aromatic carbocycles. The van der Waals surface area contributed by atoms with Gasteiger partial charge in [-0.05, 0) is 0 Å². The first-order valence-electron chi connectivity index (χ1n) is 2.70. The van der Waals surface area contributed by atoms with Gasteiger partial charge < -0.3 is 4.74 Å². The minimum absolute atomic E-state index is 0.153. The van der Waals surface area contributed by atoms with Crippen LogP contribution in [0.5, 0.6) is 0 Å². The molecule has 1 fully saturated rings. The minimum atomic E-state index is -3.73. The lowest BCUT2D eigenvalue weighted by molar-refractivity contribution is -0.137. The van der Waals surface area contributed by atoms with Gasteiger partial charge in [-0.1, -0.05) is 0 Å². The quantitative estimate of drug-likeness (QED) is 0.483. The molecule has 1 rings (SSSR count). The van der Waals surface area contributed by atoms with Crippen LogP contribution < -0.4 is 5.14 Å². The van der Waals surface area contributed by atoms with E-state index in [1.807, 2.05) is 0 Å². The molecule has 1 heterocycles. The maximum atomic E-state index is 10.5.